The number of sulfone groups is 1. The van der Waals surface area contributed by atoms with Gasteiger partial charge in [-0.3, -0.25) is 0 Å². The summed E-state index contributed by atoms with van der Waals surface area (Å²) in [5.74, 6) is 0.847. The Morgan fingerprint density at radius 2 is 2.08 bits per heavy atom. The summed E-state index contributed by atoms with van der Waals surface area (Å²) >= 11 is 0. The Morgan fingerprint density at radius 1 is 1.35 bits per heavy atom. The maximum absolute atomic E-state index is 12.2. The van der Waals surface area contributed by atoms with Crippen LogP contribution >= 0.6 is 0 Å². The zero-order chi connectivity index (χ0) is 19.4. The molecule has 1 aromatic rings. The molecule has 0 aliphatic carbocycles. The fraction of sp³-hybridized carbons (Fsp3) is 0.550. The summed E-state index contributed by atoms with van der Waals surface area (Å²) in [6.07, 6.45) is 2.38. The largest absolute Gasteiger partial charge is 0.338 e. The number of carbonyl (C=O) groups excluding carboxylic acids is 1. The predicted octanol–water partition coefficient (Wildman–Crippen LogP) is 3.47. The summed E-state index contributed by atoms with van der Waals surface area (Å²) in [5.41, 5.74) is 2.56. The standard InChI is InChI=1S/C20H30N2O3S/c1-15(2)17-8-5-9-18(13-17)20(3,4)22-19(23)21-11-6-7-16-10-12-26(24,25)14-16/h5,8-9,13,16H,1,6-7,10-12,14H2,2-4H3,(H2,21,22,23). The van der Waals surface area contributed by atoms with Gasteiger partial charge >= 0.3 is 6.03 Å². The molecular formula is C20H30N2O3S. The smallest absolute Gasteiger partial charge is 0.315 e. The third-order valence-corrected chi connectivity index (χ3v) is 6.74. The molecule has 1 heterocycles. The summed E-state index contributed by atoms with van der Waals surface area (Å²) in [7, 11) is -2.82. The molecule has 0 bridgehead atoms. The van der Waals surface area contributed by atoms with Gasteiger partial charge in [0.1, 0.15) is 0 Å². The number of nitrogens with one attached hydrogen (secondary N) is 2. The van der Waals surface area contributed by atoms with E-state index in [0.29, 0.717) is 18.1 Å². The van der Waals surface area contributed by atoms with Crippen molar-refractivity contribution < 1.29 is 13.2 Å². The van der Waals surface area contributed by atoms with E-state index in [-0.39, 0.29) is 11.9 Å². The van der Waals surface area contributed by atoms with Gasteiger partial charge in [-0.15, -0.1) is 0 Å². The molecule has 1 aliphatic rings. The zero-order valence-electron chi connectivity index (χ0n) is 16.0. The van der Waals surface area contributed by atoms with E-state index in [1.807, 2.05) is 45.0 Å². The van der Waals surface area contributed by atoms with Gasteiger partial charge in [-0.1, -0.05) is 30.4 Å². The second-order valence-electron chi connectivity index (χ2n) is 7.78. The highest BCUT2D eigenvalue weighted by atomic mass is 32.2. The van der Waals surface area contributed by atoms with E-state index in [1.165, 1.54) is 0 Å². The van der Waals surface area contributed by atoms with E-state index in [9.17, 15) is 13.2 Å². The van der Waals surface area contributed by atoms with Crippen LogP contribution in [0.15, 0.2) is 30.8 Å². The number of carbonyl (C=O) groups is 1. The molecule has 1 fully saturated rings. The third-order valence-electron chi connectivity index (χ3n) is 4.90. The van der Waals surface area contributed by atoms with Gasteiger partial charge in [0.2, 0.25) is 0 Å². The highest BCUT2D eigenvalue weighted by molar-refractivity contribution is 7.91. The van der Waals surface area contributed by atoms with Crippen LogP contribution in [0.1, 0.15) is 51.2 Å². The van der Waals surface area contributed by atoms with Crippen molar-refractivity contribution in [1.82, 2.24) is 10.6 Å². The van der Waals surface area contributed by atoms with Gasteiger partial charge in [-0.2, -0.15) is 0 Å². The molecule has 1 saturated heterocycles. The second kappa shape index (κ2) is 8.25. The minimum atomic E-state index is -2.82. The van der Waals surface area contributed by atoms with Crippen LogP contribution in [0.4, 0.5) is 4.79 Å². The molecule has 144 valence electrons. The molecule has 0 spiro atoms. The number of allylic oxidation sites excluding steroid dienone is 1. The number of amides is 2. The SMILES string of the molecule is C=C(C)c1cccc(C(C)(C)NC(=O)NCCCC2CCS(=O)(=O)C2)c1. The molecule has 0 aromatic heterocycles. The second-order valence-corrected chi connectivity index (χ2v) is 10.0. The molecular weight excluding hydrogens is 348 g/mol. The van der Waals surface area contributed by atoms with E-state index in [4.69, 9.17) is 0 Å². The van der Waals surface area contributed by atoms with E-state index in [0.717, 1.165) is 36.0 Å². The fourth-order valence-electron chi connectivity index (χ4n) is 3.27. The van der Waals surface area contributed by atoms with Crippen LogP contribution in [0, 0.1) is 5.92 Å². The molecule has 2 rings (SSSR count). The van der Waals surface area contributed by atoms with Crippen LogP contribution in [-0.2, 0) is 15.4 Å². The highest BCUT2D eigenvalue weighted by Gasteiger charge is 2.27. The van der Waals surface area contributed by atoms with E-state index >= 15 is 0 Å². The van der Waals surface area contributed by atoms with Crippen LogP contribution in [0.3, 0.4) is 0 Å². The predicted molar refractivity (Wildman–Crippen MR) is 107 cm³/mol. The lowest BCUT2D eigenvalue weighted by Crippen LogP contribution is -2.46. The Kier molecular flexibility index (Phi) is 6.50. The van der Waals surface area contributed by atoms with Crippen molar-refractivity contribution in [3.63, 3.8) is 0 Å². The number of rotatable bonds is 7. The van der Waals surface area contributed by atoms with Crippen LogP contribution in [-0.4, -0.2) is 32.5 Å². The Labute approximate surface area is 157 Å². The van der Waals surface area contributed by atoms with Crippen LogP contribution in [0.25, 0.3) is 5.57 Å². The Morgan fingerprint density at radius 3 is 2.69 bits per heavy atom. The van der Waals surface area contributed by atoms with Crippen LogP contribution < -0.4 is 10.6 Å². The summed E-state index contributed by atoms with van der Waals surface area (Å²) in [5, 5.41) is 5.88. The van der Waals surface area contributed by atoms with Crippen molar-refractivity contribution in [3.8, 4) is 0 Å². The number of hydrogen-bond acceptors (Lipinski definition) is 3. The minimum Gasteiger partial charge on any atom is -0.338 e. The molecule has 2 N–H and O–H groups in total. The maximum Gasteiger partial charge on any atom is 0.315 e. The molecule has 1 aromatic carbocycles. The monoisotopic (exact) mass is 378 g/mol. The van der Waals surface area contributed by atoms with Crippen LogP contribution in [0.2, 0.25) is 0 Å². The lowest BCUT2D eigenvalue weighted by Gasteiger charge is -2.27. The van der Waals surface area contributed by atoms with Gasteiger partial charge in [0.25, 0.3) is 0 Å². The maximum atomic E-state index is 12.2. The molecule has 1 aliphatic heterocycles. The summed E-state index contributed by atoms with van der Waals surface area (Å²) in [6, 6.07) is 7.80. The van der Waals surface area contributed by atoms with Crippen molar-refractivity contribution in [3.05, 3.63) is 42.0 Å². The molecule has 0 radical (unpaired) electrons. The number of hydrogen-bond donors (Lipinski definition) is 2. The lowest BCUT2D eigenvalue weighted by atomic mass is 9.92. The fourth-order valence-corrected chi connectivity index (χ4v) is 5.18. The minimum absolute atomic E-state index is 0.213. The first-order valence-corrected chi connectivity index (χ1v) is 10.9. The molecule has 1 atom stereocenters. The molecule has 5 nitrogen and oxygen atoms in total. The normalized spacial score (nSPS) is 19.1. The molecule has 1 unspecified atom stereocenters. The van der Waals surface area contributed by atoms with E-state index in [1.54, 1.807) is 0 Å². The summed E-state index contributed by atoms with van der Waals surface area (Å²) < 4.78 is 22.9. The van der Waals surface area contributed by atoms with E-state index in [2.05, 4.69) is 17.2 Å². The Balaban J connectivity index is 1.79. The first-order chi connectivity index (χ1) is 12.1. The first-order valence-electron chi connectivity index (χ1n) is 9.12. The summed E-state index contributed by atoms with van der Waals surface area (Å²) in [4.78, 5) is 12.2. The molecule has 0 saturated carbocycles. The highest BCUT2D eigenvalue weighted by Crippen LogP contribution is 2.24. The van der Waals surface area contributed by atoms with Gasteiger partial charge in [0, 0.05) is 6.54 Å². The van der Waals surface area contributed by atoms with Gasteiger partial charge in [-0.25, -0.2) is 13.2 Å². The van der Waals surface area contributed by atoms with Crippen molar-refractivity contribution in [1.29, 1.82) is 0 Å². The number of benzene rings is 1. The van der Waals surface area contributed by atoms with Gasteiger partial charge in [0.15, 0.2) is 9.84 Å². The topological polar surface area (TPSA) is 75.3 Å². The average Bonchev–Trinajstić information content (AvgIpc) is 2.90. The Hall–Kier alpha value is -1.82. The number of urea groups is 1. The van der Waals surface area contributed by atoms with Crippen LogP contribution in [0.5, 0.6) is 0 Å². The zero-order valence-corrected chi connectivity index (χ0v) is 16.8. The third kappa shape index (κ3) is 5.87. The van der Waals surface area contributed by atoms with Crippen molar-refractivity contribution in [2.24, 2.45) is 5.92 Å². The first kappa shape index (κ1) is 20.5. The molecule has 6 heteroatoms. The van der Waals surface area contributed by atoms with Crippen molar-refractivity contribution in [2.45, 2.75) is 45.6 Å². The molecule has 26 heavy (non-hydrogen) atoms. The average molecular weight is 379 g/mol. The van der Waals surface area contributed by atoms with Crippen molar-refractivity contribution >= 4 is 21.4 Å². The van der Waals surface area contributed by atoms with E-state index < -0.39 is 15.4 Å². The van der Waals surface area contributed by atoms with Gasteiger partial charge < -0.3 is 10.6 Å². The summed E-state index contributed by atoms with van der Waals surface area (Å²) in [6.45, 7) is 10.4. The lowest BCUT2D eigenvalue weighted by molar-refractivity contribution is 0.229. The van der Waals surface area contributed by atoms with Gasteiger partial charge in [0.05, 0.1) is 17.0 Å². The quantitative estimate of drug-likeness (QED) is 0.714. The van der Waals surface area contributed by atoms with Crippen molar-refractivity contribution in [2.75, 3.05) is 18.1 Å². The van der Waals surface area contributed by atoms with Gasteiger partial charge in [-0.05, 0) is 63.1 Å². The molecule has 2 amide bonds. The Bertz CT molecular complexity index is 769.